The summed E-state index contributed by atoms with van der Waals surface area (Å²) in [5.41, 5.74) is 3.71. The third-order valence-electron chi connectivity index (χ3n) is 5.01. The van der Waals surface area contributed by atoms with E-state index in [4.69, 9.17) is 0 Å². The van der Waals surface area contributed by atoms with Crippen molar-refractivity contribution in [3.8, 4) is 0 Å². The van der Waals surface area contributed by atoms with E-state index in [1.54, 1.807) is 29.3 Å². The van der Waals surface area contributed by atoms with Crippen molar-refractivity contribution in [1.29, 1.82) is 0 Å². The highest BCUT2D eigenvalue weighted by atomic mass is 16.1. The van der Waals surface area contributed by atoms with Gasteiger partial charge in [-0.15, -0.1) is 0 Å². The summed E-state index contributed by atoms with van der Waals surface area (Å²) >= 11 is 0. The number of benzene rings is 1. The maximum Gasteiger partial charge on any atom is 0.259 e. The zero-order valence-electron chi connectivity index (χ0n) is 18.1. The van der Waals surface area contributed by atoms with Gasteiger partial charge in [0.15, 0.2) is 0 Å². The van der Waals surface area contributed by atoms with Crippen LogP contribution in [0.2, 0.25) is 0 Å². The van der Waals surface area contributed by atoms with Crippen LogP contribution in [0.1, 0.15) is 28.7 Å². The molecule has 1 aromatic carbocycles. The Morgan fingerprint density at radius 3 is 2.52 bits per heavy atom. The summed E-state index contributed by atoms with van der Waals surface area (Å²) in [6, 6.07) is 16.6. The van der Waals surface area contributed by atoms with E-state index in [-0.39, 0.29) is 5.91 Å². The lowest BCUT2D eigenvalue weighted by Crippen LogP contribution is -2.24. The molecule has 2 amide bonds. The number of hydrogen-bond donors (Lipinski definition) is 1. The van der Waals surface area contributed by atoms with Crippen LogP contribution >= 0.6 is 0 Å². The lowest BCUT2D eigenvalue weighted by Gasteiger charge is -2.20. The molecule has 0 atom stereocenters. The molecule has 0 aliphatic heterocycles. The van der Waals surface area contributed by atoms with E-state index in [2.05, 4.69) is 15.3 Å². The highest BCUT2D eigenvalue weighted by Gasteiger charge is 2.16. The lowest BCUT2D eigenvalue weighted by atomic mass is 10.2. The molecule has 1 N–H and O–H groups in total. The van der Waals surface area contributed by atoms with Gasteiger partial charge in [0.1, 0.15) is 5.82 Å². The number of aryl methyl sites for hydroxylation is 1. The van der Waals surface area contributed by atoms with Gasteiger partial charge >= 0.3 is 0 Å². The predicted octanol–water partition coefficient (Wildman–Crippen LogP) is 3.70. The van der Waals surface area contributed by atoms with Crippen molar-refractivity contribution in [1.82, 2.24) is 9.97 Å². The highest BCUT2D eigenvalue weighted by molar-refractivity contribution is 6.07. The summed E-state index contributed by atoms with van der Waals surface area (Å²) in [7, 11) is 1.91. The van der Waals surface area contributed by atoms with Crippen molar-refractivity contribution in [3.63, 3.8) is 0 Å². The number of aromatic nitrogens is 2. The SMILES string of the molecule is CCN(C)c1nc(C)ccc1C(=O)Nc1ccc(N(C=O)CCc2ccccn2)cc1. The van der Waals surface area contributed by atoms with Gasteiger partial charge in [-0.2, -0.15) is 0 Å². The first-order valence-electron chi connectivity index (χ1n) is 10.2. The molecule has 0 fully saturated rings. The lowest BCUT2D eigenvalue weighted by molar-refractivity contribution is -0.107. The second-order valence-corrected chi connectivity index (χ2v) is 7.21. The van der Waals surface area contributed by atoms with Crippen molar-refractivity contribution in [2.45, 2.75) is 20.3 Å². The van der Waals surface area contributed by atoms with Crippen LogP contribution in [0.5, 0.6) is 0 Å². The van der Waals surface area contributed by atoms with Gasteiger partial charge in [-0.3, -0.25) is 14.6 Å². The van der Waals surface area contributed by atoms with Crippen LogP contribution in [-0.2, 0) is 11.2 Å². The molecule has 31 heavy (non-hydrogen) atoms. The molecule has 0 bridgehead atoms. The third-order valence-corrected chi connectivity index (χ3v) is 5.01. The molecule has 3 rings (SSSR count). The molecular weight excluding hydrogens is 390 g/mol. The molecule has 0 aliphatic carbocycles. The van der Waals surface area contributed by atoms with E-state index in [9.17, 15) is 9.59 Å². The molecule has 2 heterocycles. The summed E-state index contributed by atoms with van der Waals surface area (Å²) in [6.07, 6.45) is 3.21. The summed E-state index contributed by atoms with van der Waals surface area (Å²) in [6.45, 7) is 5.18. The molecule has 0 spiro atoms. The van der Waals surface area contributed by atoms with Crippen LogP contribution < -0.4 is 15.1 Å². The van der Waals surface area contributed by atoms with Gasteiger partial charge in [-0.25, -0.2) is 4.98 Å². The second-order valence-electron chi connectivity index (χ2n) is 7.21. The smallest absolute Gasteiger partial charge is 0.259 e. The minimum absolute atomic E-state index is 0.224. The Balaban J connectivity index is 1.69. The first-order valence-corrected chi connectivity index (χ1v) is 10.2. The summed E-state index contributed by atoms with van der Waals surface area (Å²) in [4.78, 5) is 36.8. The van der Waals surface area contributed by atoms with Crippen molar-refractivity contribution in [3.05, 3.63) is 77.7 Å². The maximum absolute atomic E-state index is 12.8. The Kier molecular flexibility index (Phi) is 7.32. The Bertz CT molecular complexity index is 1020. The second kappa shape index (κ2) is 10.3. The molecule has 7 heteroatoms. The standard InChI is InChI=1S/C24H27N5O2/c1-4-28(3)23-22(13-8-18(2)26-23)24(31)27-20-9-11-21(12-10-20)29(17-30)16-14-19-7-5-6-15-25-19/h5-13,15,17H,4,14,16H2,1-3H3,(H,27,31). The van der Waals surface area contributed by atoms with Gasteiger partial charge in [0.05, 0.1) is 5.56 Å². The van der Waals surface area contributed by atoms with E-state index < -0.39 is 0 Å². The molecule has 0 aliphatic rings. The van der Waals surface area contributed by atoms with Gasteiger partial charge < -0.3 is 15.1 Å². The topological polar surface area (TPSA) is 78.4 Å². The minimum Gasteiger partial charge on any atom is -0.359 e. The quantitative estimate of drug-likeness (QED) is 0.537. The molecular formula is C24H27N5O2. The average molecular weight is 418 g/mol. The largest absolute Gasteiger partial charge is 0.359 e. The molecule has 3 aromatic rings. The predicted molar refractivity (Wildman–Crippen MR) is 124 cm³/mol. The van der Waals surface area contributed by atoms with Crippen LogP contribution in [0.25, 0.3) is 0 Å². The van der Waals surface area contributed by atoms with Crippen LogP contribution in [0.4, 0.5) is 17.2 Å². The number of rotatable bonds is 9. The molecule has 0 unspecified atom stereocenters. The number of pyridine rings is 2. The highest BCUT2D eigenvalue weighted by Crippen LogP contribution is 2.21. The van der Waals surface area contributed by atoms with Crippen molar-refractivity contribution in [2.75, 3.05) is 35.3 Å². The summed E-state index contributed by atoms with van der Waals surface area (Å²) in [5.74, 6) is 0.427. The van der Waals surface area contributed by atoms with E-state index in [1.165, 1.54) is 0 Å². The number of nitrogens with one attached hydrogen (secondary N) is 1. The molecule has 7 nitrogen and oxygen atoms in total. The van der Waals surface area contributed by atoms with Crippen LogP contribution in [-0.4, -0.2) is 42.4 Å². The maximum atomic E-state index is 12.8. The number of carbonyl (C=O) groups excluding carboxylic acids is 2. The zero-order chi connectivity index (χ0) is 22.2. The molecule has 2 aromatic heterocycles. The molecule has 0 saturated heterocycles. The van der Waals surface area contributed by atoms with Crippen molar-refractivity contribution in [2.24, 2.45) is 0 Å². The van der Waals surface area contributed by atoms with E-state index in [1.807, 2.05) is 62.2 Å². The Morgan fingerprint density at radius 1 is 1.10 bits per heavy atom. The zero-order valence-corrected chi connectivity index (χ0v) is 18.1. The summed E-state index contributed by atoms with van der Waals surface area (Å²) < 4.78 is 0. The fourth-order valence-electron chi connectivity index (χ4n) is 3.12. The summed E-state index contributed by atoms with van der Waals surface area (Å²) in [5, 5.41) is 2.92. The fourth-order valence-corrected chi connectivity index (χ4v) is 3.12. The number of amides is 2. The Hall–Kier alpha value is -3.74. The third kappa shape index (κ3) is 5.66. The Morgan fingerprint density at radius 2 is 1.87 bits per heavy atom. The van der Waals surface area contributed by atoms with E-state index in [0.717, 1.165) is 30.0 Å². The molecule has 0 radical (unpaired) electrons. The molecule has 0 saturated carbocycles. The van der Waals surface area contributed by atoms with Crippen LogP contribution in [0, 0.1) is 6.92 Å². The normalized spacial score (nSPS) is 10.4. The monoisotopic (exact) mass is 417 g/mol. The molecule has 160 valence electrons. The van der Waals surface area contributed by atoms with Gasteiger partial charge in [0, 0.05) is 55.5 Å². The van der Waals surface area contributed by atoms with Crippen LogP contribution in [0.3, 0.4) is 0 Å². The van der Waals surface area contributed by atoms with Crippen molar-refractivity contribution >= 4 is 29.5 Å². The van der Waals surface area contributed by atoms with Gasteiger partial charge in [-0.05, 0) is 62.4 Å². The van der Waals surface area contributed by atoms with E-state index >= 15 is 0 Å². The van der Waals surface area contributed by atoms with E-state index in [0.29, 0.717) is 30.0 Å². The average Bonchev–Trinajstić information content (AvgIpc) is 2.80. The van der Waals surface area contributed by atoms with Crippen LogP contribution in [0.15, 0.2) is 60.8 Å². The number of hydrogen-bond acceptors (Lipinski definition) is 5. The Labute approximate surface area is 182 Å². The first-order chi connectivity index (χ1) is 15.0. The number of anilines is 3. The fraction of sp³-hybridized carbons (Fsp3) is 0.250. The van der Waals surface area contributed by atoms with Crippen molar-refractivity contribution < 1.29 is 9.59 Å². The van der Waals surface area contributed by atoms with Gasteiger partial charge in [-0.1, -0.05) is 6.07 Å². The number of nitrogens with zero attached hydrogens (tertiary/aromatic N) is 4. The van der Waals surface area contributed by atoms with Gasteiger partial charge in [0.2, 0.25) is 6.41 Å². The van der Waals surface area contributed by atoms with Gasteiger partial charge in [0.25, 0.3) is 5.91 Å². The number of carbonyl (C=O) groups is 2. The first kappa shape index (κ1) is 22.0. The minimum atomic E-state index is -0.224.